The molecule has 4 nitrogen and oxygen atoms in total. The zero-order valence-electron chi connectivity index (χ0n) is 17.3. The summed E-state index contributed by atoms with van der Waals surface area (Å²) >= 11 is 0. The highest BCUT2D eigenvalue weighted by atomic mass is 32.2. The van der Waals surface area contributed by atoms with Crippen molar-refractivity contribution < 1.29 is 18.1 Å². The molecule has 2 N–H and O–H groups in total. The smallest absolute Gasteiger partial charge is 0.267 e. The van der Waals surface area contributed by atoms with Crippen molar-refractivity contribution in [3.63, 3.8) is 0 Å². The second kappa shape index (κ2) is 17.0. The molecule has 0 fully saturated rings. The van der Waals surface area contributed by atoms with Gasteiger partial charge in [-0.25, -0.2) is 0 Å². The lowest BCUT2D eigenvalue weighted by atomic mass is 10.0. The van der Waals surface area contributed by atoms with E-state index < -0.39 is 21.5 Å². The van der Waals surface area contributed by atoms with E-state index in [1.807, 2.05) is 6.92 Å². The number of hydrogen-bond acceptors (Lipinski definition) is 3. The van der Waals surface area contributed by atoms with E-state index in [2.05, 4.69) is 6.92 Å². The molecule has 0 aliphatic carbocycles. The first-order chi connectivity index (χ1) is 12.4. The first-order valence-electron chi connectivity index (χ1n) is 11.1. The average Bonchev–Trinajstić information content (AvgIpc) is 2.58. The van der Waals surface area contributed by atoms with E-state index >= 15 is 0 Å². The maximum absolute atomic E-state index is 11.3. The van der Waals surface area contributed by atoms with Crippen LogP contribution in [0.1, 0.15) is 123 Å². The maximum atomic E-state index is 11.3. The number of rotatable bonds is 19. The molecule has 0 rings (SSSR count). The Bertz CT molecular complexity index is 395. The Morgan fingerprint density at radius 1 is 0.654 bits per heavy atom. The first kappa shape index (κ1) is 25.9. The van der Waals surface area contributed by atoms with Gasteiger partial charge in [-0.2, -0.15) is 8.42 Å². The SMILES string of the molecule is CCCCCCCCCCCCCCCC(O)CC(CCC)S(=O)(=O)O. The summed E-state index contributed by atoms with van der Waals surface area (Å²) in [5.41, 5.74) is 0. The van der Waals surface area contributed by atoms with E-state index in [-0.39, 0.29) is 6.42 Å². The third-order valence-corrected chi connectivity index (χ3v) is 6.48. The van der Waals surface area contributed by atoms with Crippen molar-refractivity contribution in [1.82, 2.24) is 0 Å². The molecular formula is C21H44O4S. The molecule has 0 aromatic carbocycles. The third kappa shape index (κ3) is 16.1. The van der Waals surface area contributed by atoms with Crippen LogP contribution in [0.2, 0.25) is 0 Å². The molecule has 0 saturated carbocycles. The van der Waals surface area contributed by atoms with Gasteiger partial charge in [0.25, 0.3) is 10.1 Å². The molecule has 0 heterocycles. The monoisotopic (exact) mass is 392 g/mol. The van der Waals surface area contributed by atoms with Gasteiger partial charge >= 0.3 is 0 Å². The van der Waals surface area contributed by atoms with Crippen molar-refractivity contribution in [2.24, 2.45) is 0 Å². The lowest BCUT2D eigenvalue weighted by Crippen LogP contribution is -2.26. The van der Waals surface area contributed by atoms with Gasteiger partial charge in [0.05, 0.1) is 11.4 Å². The minimum atomic E-state index is -4.04. The van der Waals surface area contributed by atoms with E-state index in [4.69, 9.17) is 0 Å². The largest absolute Gasteiger partial charge is 0.393 e. The Balaban J connectivity index is 3.49. The summed E-state index contributed by atoms with van der Waals surface area (Å²) in [5.74, 6) is 0. The van der Waals surface area contributed by atoms with Crippen LogP contribution in [0.15, 0.2) is 0 Å². The van der Waals surface area contributed by atoms with Gasteiger partial charge in [-0.3, -0.25) is 4.55 Å². The Morgan fingerprint density at radius 3 is 1.46 bits per heavy atom. The van der Waals surface area contributed by atoms with Crippen molar-refractivity contribution in [2.45, 2.75) is 134 Å². The number of hydrogen-bond donors (Lipinski definition) is 2. The molecular weight excluding hydrogens is 348 g/mol. The standard InChI is InChI=1S/C21H44O4S/c1-3-5-6-7-8-9-10-11-12-13-14-15-16-18-20(22)19-21(17-4-2)26(23,24)25/h20-22H,3-19H2,1-2H3,(H,23,24,25). The zero-order valence-corrected chi connectivity index (χ0v) is 18.1. The molecule has 0 bridgehead atoms. The summed E-state index contributed by atoms with van der Waals surface area (Å²) in [6.07, 6.45) is 18.0. The summed E-state index contributed by atoms with van der Waals surface area (Å²) in [5, 5.41) is 9.20. The maximum Gasteiger partial charge on any atom is 0.267 e. The van der Waals surface area contributed by atoms with Gasteiger partial charge in [0.15, 0.2) is 0 Å². The normalized spacial score (nSPS) is 14.5. The Labute approximate surface area is 162 Å². The first-order valence-corrected chi connectivity index (χ1v) is 12.6. The van der Waals surface area contributed by atoms with Crippen molar-refractivity contribution >= 4 is 10.1 Å². The minimum absolute atomic E-state index is 0.158. The van der Waals surface area contributed by atoms with Gasteiger partial charge < -0.3 is 5.11 Å². The average molecular weight is 393 g/mol. The van der Waals surface area contributed by atoms with Crippen molar-refractivity contribution in [1.29, 1.82) is 0 Å². The molecule has 158 valence electrons. The van der Waals surface area contributed by atoms with Gasteiger partial charge in [0.1, 0.15) is 0 Å². The topological polar surface area (TPSA) is 74.6 Å². The summed E-state index contributed by atoms with van der Waals surface area (Å²) in [6, 6.07) is 0. The van der Waals surface area contributed by atoms with Crippen LogP contribution in [0.25, 0.3) is 0 Å². The Hall–Kier alpha value is -0.130. The fraction of sp³-hybridized carbons (Fsp3) is 1.00. The summed E-state index contributed by atoms with van der Waals surface area (Å²) < 4.78 is 31.8. The zero-order chi connectivity index (χ0) is 19.7. The van der Waals surface area contributed by atoms with E-state index in [0.29, 0.717) is 19.3 Å². The predicted molar refractivity (Wildman–Crippen MR) is 111 cm³/mol. The Morgan fingerprint density at radius 2 is 1.08 bits per heavy atom. The highest BCUT2D eigenvalue weighted by Gasteiger charge is 2.24. The van der Waals surface area contributed by atoms with E-state index in [0.717, 1.165) is 12.8 Å². The van der Waals surface area contributed by atoms with Crippen LogP contribution >= 0.6 is 0 Å². The van der Waals surface area contributed by atoms with Crippen LogP contribution in [0.3, 0.4) is 0 Å². The second-order valence-corrected chi connectivity index (χ2v) is 9.54. The van der Waals surface area contributed by atoms with Crippen LogP contribution < -0.4 is 0 Å². The molecule has 0 aromatic heterocycles. The van der Waals surface area contributed by atoms with E-state index in [1.165, 1.54) is 70.6 Å². The number of aliphatic hydroxyl groups is 1. The predicted octanol–water partition coefficient (Wildman–Crippen LogP) is 6.28. The summed E-state index contributed by atoms with van der Waals surface area (Å²) in [7, 11) is -4.04. The molecule has 2 atom stereocenters. The Kier molecular flexibility index (Phi) is 16.9. The molecule has 5 heteroatoms. The highest BCUT2D eigenvalue weighted by Crippen LogP contribution is 2.18. The van der Waals surface area contributed by atoms with Gasteiger partial charge in [0, 0.05) is 0 Å². The van der Waals surface area contributed by atoms with E-state index in [9.17, 15) is 18.1 Å². The summed E-state index contributed by atoms with van der Waals surface area (Å²) in [4.78, 5) is 0. The van der Waals surface area contributed by atoms with E-state index in [1.54, 1.807) is 0 Å². The van der Waals surface area contributed by atoms with Gasteiger partial charge in [-0.15, -0.1) is 0 Å². The quantitative estimate of drug-likeness (QED) is 0.200. The summed E-state index contributed by atoms with van der Waals surface area (Å²) in [6.45, 7) is 4.14. The van der Waals surface area contributed by atoms with Gasteiger partial charge in [0.2, 0.25) is 0 Å². The molecule has 0 spiro atoms. The lowest BCUT2D eigenvalue weighted by Gasteiger charge is -2.17. The third-order valence-electron chi connectivity index (χ3n) is 5.21. The molecule has 0 aromatic rings. The van der Waals surface area contributed by atoms with Crippen LogP contribution in [0.5, 0.6) is 0 Å². The van der Waals surface area contributed by atoms with Crippen LogP contribution in [-0.2, 0) is 10.1 Å². The van der Waals surface area contributed by atoms with Crippen LogP contribution in [-0.4, -0.2) is 29.4 Å². The highest BCUT2D eigenvalue weighted by molar-refractivity contribution is 7.86. The molecule has 26 heavy (non-hydrogen) atoms. The van der Waals surface area contributed by atoms with Crippen LogP contribution in [0, 0.1) is 0 Å². The van der Waals surface area contributed by atoms with Gasteiger partial charge in [-0.1, -0.05) is 104 Å². The van der Waals surface area contributed by atoms with Crippen molar-refractivity contribution in [3.8, 4) is 0 Å². The molecule has 0 amide bonds. The number of aliphatic hydroxyl groups excluding tert-OH is 1. The van der Waals surface area contributed by atoms with Gasteiger partial charge in [-0.05, 0) is 19.3 Å². The minimum Gasteiger partial charge on any atom is -0.393 e. The second-order valence-electron chi connectivity index (χ2n) is 7.85. The molecule has 0 saturated heterocycles. The van der Waals surface area contributed by atoms with Crippen molar-refractivity contribution in [2.75, 3.05) is 0 Å². The molecule has 2 unspecified atom stereocenters. The fourth-order valence-corrected chi connectivity index (χ4v) is 4.53. The van der Waals surface area contributed by atoms with Crippen molar-refractivity contribution in [3.05, 3.63) is 0 Å². The fourth-order valence-electron chi connectivity index (χ4n) is 3.53. The molecule has 0 aliphatic heterocycles. The number of unbranched alkanes of at least 4 members (excludes halogenated alkanes) is 12. The van der Waals surface area contributed by atoms with Crippen LogP contribution in [0.4, 0.5) is 0 Å². The molecule has 0 aliphatic rings. The molecule has 0 radical (unpaired) electrons. The lowest BCUT2D eigenvalue weighted by molar-refractivity contribution is 0.147.